The second-order valence-electron chi connectivity index (χ2n) is 5.34. The van der Waals surface area contributed by atoms with Gasteiger partial charge >= 0.3 is 0 Å². The van der Waals surface area contributed by atoms with Crippen molar-refractivity contribution in [3.63, 3.8) is 0 Å². The molecule has 3 N–H and O–H groups in total. The van der Waals surface area contributed by atoms with Crippen molar-refractivity contribution in [2.24, 2.45) is 5.73 Å². The average Bonchev–Trinajstić information content (AvgIpc) is 3.08. The van der Waals surface area contributed by atoms with Gasteiger partial charge in [-0.2, -0.15) is 0 Å². The number of hydrogen-bond donors (Lipinski definition) is 2. The summed E-state index contributed by atoms with van der Waals surface area (Å²) in [5.74, 6) is 0.544. The maximum absolute atomic E-state index is 12.7. The first-order chi connectivity index (χ1) is 11.1. The molecule has 2 amide bonds. The van der Waals surface area contributed by atoms with Crippen LogP contribution in [-0.4, -0.2) is 50.6 Å². The van der Waals surface area contributed by atoms with E-state index in [2.05, 4.69) is 5.32 Å². The monoisotopic (exact) mass is 321 g/mol. The number of methoxy groups -OCH3 is 2. The van der Waals surface area contributed by atoms with E-state index in [0.29, 0.717) is 22.7 Å². The first-order valence-corrected chi connectivity index (χ1v) is 7.66. The van der Waals surface area contributed by atoms with Crippen LogP contribution in [-0.2, 0) is 4.79 Å². The van der Waals surface area contributed by atoms with Gasteiger partial charge in [-0.25, -0.2) is 0 Å². The first kappa shape index (κ1) is 17.1. The van der Waals surface area contributed by atoms with Gasteiger partial charge in [-0.3, -0.25) is 9.59 Å². The molecule has 0 bridgehead atoms. The fourth-order valence-electron chi connectivity index (χ4n) is 2.59. The molecule has 0 aromatic heterocycles. The van der Waals surface area contributed by atoms with E-state index in [1.54, 1.807) is 17.0 Å². The maximum Gasteiger partial charge on any atom is 0.256 e. The molecule has 0 saturated carbocycles. The lowest BCUT2D eigenvalue weighted by Gasteiger charge is -2.20. The molecule has 1 saturated heterocycles. The molecule has 1 aliphatic rings. The molecule has 0 aliphatic carbocycles. The Kier molecular flexibility index (Phi) is 5.81. The number of nitrogens with one attached hydrogen (secondary N) is 1. The van der Waals surface area contributed by atoms with Crippen molar-refractivity contribution < 1.29 is 19.1 Å². The minimum absolute atomic E-state index is 0.119. The first-order valence-electron chi connectivity index (χ1n) is 7.66. The number of rotatable bonds is 6. The predicted octanol–water partition coefficient (Wildman–Crippen LogP) is 1.23. The SMILES string of the molecule is COc1cc(NC(=O)CCN)c(C(=O)N2CCCC2)cc1OC. The Morgan fingerprint density at radius 1 is 1.17 bits per heavy atom. The molecule has 1 aromatic rings. The van der Waals surface area contributed by atoms with Crippen molar-refractivity contribution in [2.45, 2.75) is 19.3 Å². The summed E-state index contributed by atoms with van der Waals surface area (Å²) in [5.41, 5.74) is 6.21. The Hall–Kier alpha value is -2.28. The Labute approximate surface area is 135 Å². The summed E-state index contributed by atoms with van der Waals surface area (Å²) in [6.45, 7) is 1.70. The summed E-state index contributed by atoms with van der Waals surface area (Å²) >= 11 is 0. The highest BCUT2D eigenvalue weighted by molar-refractivity contribution is 6.04. The van der Waals surface area contributed by atoms with Crippen LogP contribution in [0.4, 0.5) is 5.69 Å². The zero-order valence-electron chi connectivity index (χ0n) is 13.6. The normalized spacial score (nSPS) is 13.8. The minimum Gasteiger partial charge on any atom is -0.493 e. The number of nitrogens with two attached hydrogens (primary N) is 1. The lowest BCUT2D eigenvalue weighted by molar-refractivity contribution is -0.116. The molecule has 1 aliphatic heterocycles. The highest BCUT2D eigenvalue weighted by Gasteiger charge is 2.24. The van der Waals surface area contributed by atoms with Crippen LogP contribution in [0.3, 0.4) is 0 Å². The van der Waals surface area contributed by atoms with Gasteiger partial charge < -0.3 is 25.4 Å². The van der Waals surface area contributed by atoms with Gasteiger partial charge in [0.2, 0.25) is 5.91 Å². The van der Waals surface area contributed by atoms with Crippen LogP contribution in [0.1, 0.15) is 29.6 Å². The summed E-state index contributed by atoms with van der Waals surface area (Å²) in [4.78, 5) is 26.4. The van der Waals surface area contributed by atoms with Crippen molar-refractivity contribution in [3.8, 4) is 11.5 Å². The number of amides is 2. The number of nitrogens with zero attached hydrogens (tertiary/aromatic N) is 1. The van der Waals surface area contributed by atoms with Gasteiger partial charge in [-0.15, -0.1) is 0 Å². The molecule has 2 rings (SSSR count). The third kappa shape index (κ3) is 3.92. The number of benzene rings is 1. The lowest BCUT2D eigenvalue weighted by atomic mass is 10.1. The van der Waals surface area contributed by atoms with Gasteiger partial charge in [0.05, 0.1) is 25.5 Å². The van der Waals surface area contributed by atoms with Gasteiger partial charge in [-0.05, 0) is 18.9 Å². The van der Waals surface area contributed by atoms with Crippen LogP contribution in [0.5, 0.6) is 11.5 Å². The third-order valence-corrected chi connectivity index (χ3v) is 3.79. The molecule has 0 unspecified atom stereocenters. The summed E-state index contributed by atoms with van der Waals surface area (Å²) in [5, 5.41) is 2.74. The smallest absolute Gasteiger partial charge is 0.256 e. The average molecular weight is 321 g/mol. The van der Waals surface area contributed by atoms with Crippen LogP contribution in [0, 0.1) is 0 Å². The van der Waals surface area contributed by atoms with E-state index in [4.69, 9.17) is 15.2 Å². The quantitative estimate of drug-likeness (QED) is 0.822. The predicted molar refractivity (Wildman–Crippen MR) is 87.0 cm³/mol. The Morgan fingerprint density at radius 2 is 1.78 bits per heavy atom. The van der Waals surface area contributed by atoms with E-state index in [-0.39, 0.29) is 24.8 Å². The van der Waals surface area contributed by atoms with Crippen molar-refractivity contribution in [1.29, 1.82) is 0 Å². The highest BCUT2D eigenvalue weighted by Crippen LogP contribution is 2.34. The van der Waals surface area contributed by atoms with Gasteiger partial charge in [0, 0.05) is 32.1 Å². The number of carbonyl (C=O) groups is 2. The fraction of sp³-hybridized carbons (Fsp3) is 0.500. The van der Waals surface area contributed by atoms with Gasteiger partial charge in [0.25, 0.3) is 5.91 Å². The van der Waals surface area contributed by atoms with Crippen LogP contribution < -0.4 is 20.5 Å². The van der Waals surface area contributed by atoms with E-state index >= 15 is 0 Å². The topological polar surface area (TPSA) is 93.9 Å². The molecule has 1 fully saturated rings. The summed E-state index contributed by atoms with van der Waals surface area (Å²) in [7, 11) is 3.01. The van der Waals surface area contributed by atoms with Crippen molar-refractivity contribution in [2.75, 3.05) is 39.2 Å². The molecule has 1 heterocycles. The molecular weight excluding hydrogens is 298 g/mol. The van der Waals surface area contributed by atoms with E-state index in [0.717, 1.165) is 25.9 Å². The Morgan fingerprint density at radius 3 is 2.35 bits per heavy atom. The van der Waals surface area contributed by atoms with Crippen LogP contribution in [0.15, 0.2) is 12.1 Å². The molecule has 126 valence electrons. The second-order valence-corrected chi connectivity index (χ2v) is 5.34. The van der Waals surface area contributed by atoms with Crippen molar-refractivity contribution in [1.82, 2.24) is 4.90 Å². The Bertz CT molecular complexity index is 583. The van der Waals surface area contributed by atoms with Crippen LogP contribution in [0.2, 0.25) is 0 Å². The molecule has 0 spiro atoms. The van der Waals surface area contributed by atoms with Crippen LogP contribution in [0.25, 0.3) is 0 Å². The molecule has 0 radical (unpaired) electrons. The van der Waals surface area contributed by atoms with Crippen molar-refractivity contribution >= 4 is 17.5 Å². The van der Waals surface area contributed by atoms with Gasteiger partial charge in [-0.1, -0.05) is 0 Å². The van der Waals surface area contributed by atoms with Crippen LogP contribution >= 0.6 is 0 Å². The van der Waals surface area contributed by atoms with E-state index in [1.165, 1.54) is 14.2 Å². The summed E-state index contributed by atoms with van der Waals surface area (Å²) < 4.78 is 10.5. The molecular formula is C16H23N3O4. The second kappa shape index (κ2) is 7.82. The minimum atomic E-state index is -0.241. The largest absolute Gasteiger partial charge is 0.493 e. The molecule has 7 nitrogen and oxygen atoms in total. The van der Waals surface area contributed by atoms with E-state index in [9.17, 15) is 9.59 Å². The highest BCUT2D eigenvalue weighted by atomic mass is 16.5. The standard InChI is InChI=1S/C16H23N3O4/c1-22-13-9-11(16(21)19-7-3-4-8-19)12(10-14(13)23-2)18-15(20)5-6-17/h9-10H,3-8,17H2,1-2H3,(H,18,20). The van der Waals surface area contributed by atoms with Gasteiger partial charge in [0.15, 0.2) is 11.5 Å². The molecule has 7 heteroatoms. The summed E-state index contributed by atoms with van der Waals surface area (Å²) in [6.07, 6.45) is 2.17. The number of likely N-dealkylation sites (tertiary alicyclic amines) is 1. The van der Waals surface area contributed by atoms with E-state index < -0.39 is 0 Å². The molecule has 1 aromatic carbocycles. The zero-order chi connectivity index (χ0) is 16.8. The maximum atomic E-state index is 12.7. The van der Waals surface area contributed by atoms with Gasteiger partial charge in [0.1, 0.15) is 0 Å². The number of ether oxygens (including phenoxy) is 2. The number of carbonyl (C=O) groups excluding carboxylic acids is 2. The third-order valence-electron chi connectivity index (χ3n) is 3.79. The molecule has 23 heavy (non-hydrogen) atoms. The Balaban J connectivity index is 2.39. The summed E-state index contributed by atoms with van der Waals surface area (Å²) in [6, 6.07) is 3.22. The molecule has 0 atom stereocenters. The number of anilines is 1. The van der Waals surface area contributed by atoms with E-state index in [1.807, 2.05) is 0 Å². The zero-order valence-corrected chi connectivity index (χ0v) is 13.6. The lowest BCUT2D eigenvalue weighted by Crippen LogP contribution is -2.29. The fourth-order valence-corrected chi connectivity index (χ4v) is 2.59. The van der Waals surface area contributed by atoms with Crippen molar-refractivity contribution in [3.05, 3.63) is 17.7 Å². The number of hydrogen-bond acceptors (Lipinski definition) is 5.